The maximum absolute atomic E-state index is 12.0. The highest BCUT2D eigenvalue weighted by Crippen LogP contribution is 2.45. The van der Waals surface area contributed by atoms with Crippen molar-refractivity contribution in [3.05, 3.63) is 48.0 Å². The standard InChI is InChI=1S/C17H17NO2/c1-11-16-10-13(20-3)8-9-14(16)15-6-4-5-7-17(15)18(11)12(2)19/h4-11H,1-3H3. The van der Waals surface area contributed by atoms with Gasteiger partial charge in [0, 0.05) is 12.5 Å². The van der Waals surface area contributed by atoms with Crippen molar-refractivity contribution in [1.29, 1.82) is 0 Å². The molecule has 1 aliphatic rings. The van der Waals surface area contributed by atoms with Gasteiger partial charge >= 0.3 is 0 Å². The highest BCUT2D eigenvalue weighted by molar-refractivity contribution is 6.00. The van der Waals surface area contributed by atoms with Crippen molar-refractivity contribution >= 4 is 11.6 Å². The second-order valence-electron chi connectivity index (χ2n) is 5.04. The highest BCUT2D eigenvalue weighted by Gasteiger charge is 2.30. The van der Waals surface area contributed by atoms with Gasteiger partial charge in [0.25, 0.3) is 0 Å². The minimum absolute atomic E-state index is 0.00694. The molecule has 1 heterocycles. The van der Waals surface area contributed by atoms with Gasteiger partial charge in [0.15, 0.2) is 0 Å². The number of ether oxygens (including phenoxy) is 1. The van der Waals surface area contributed by atoms with Crippen LogP contribution in [0.3, 0.4) is 0 Å². The maximum Gasteiger partial charge on any atom is 0.224 e. The Labute approximate surface area is 118 Å². The summed E-state index contributed by atoms with van der Waals surface area (Å²) in [4.78, 5) is 13.9. The monoisotopic (exact) mass is 267 g/mol. The molecule has 0 radical (unpaired) electrons. The smallest absolute Gasteiger partial charge is 0.224 e. The summed E-state index contributed by atoms with van der Waals surface area (Å²) in [7, 11) is 1.66. The van der Waals surface area contributed by atoms with Crippen LogP contribution in [0, 0.1) is 0 Å². The summed E-state index contributed by atoms with van der Waals surface area (Å²) in [6.07, 6.45) is 0. The van der Waals surface area contributed by atoms with Crippen molar-refractivity contribution in [2.24, 2.45) is 0 Å². The summed E-state index contributed by atoms with van der Waals surface area (Å²) in [5.41, 5.74) is 4.37. The largest absolute Gasteiger partial charge is 0.497 e. The summed E-state index contributed by atoms with van der Waals surface area (Å²) in [6, 6.07) is 14.1. The number of hydrogen-bond acceptors (Lipinski definition) is 2. The van der Waals surface area contributed by atoms with Gasteiger partial charge in [-0.2, -0.15) is 0 Å². The zero-order valence-electron chi connectivity index (χ0n) is 11.9. The summed E-state index contributed by atoms with van der Waals surface area (Å²) in [5, 5.41) is 0. The third-order valence-electron chi connectivity index (χ3n) is 3.89. The summed E-state index contributed by atoms with van der Waals surface area (Å²) in [5.74, 6) is 0.872. The van der Waals surface area contributed by atoms with Gasteiger partial charge in [-0.1, -0.05) is 24.3 Å². The SMILES string of the molecule is COc1ccc2c(c1)C(C)N(C(C)=O)c1ccccc1-2. The van der Waals surface area contributed by atoms with Crippen LogP contribution in [-0.4, -0.2) is 13.0 Å². The Bertz CT molecular complexity index is 678. The Morgan fingerprint density at radius 2 is 1.90 bits per heavy atom. The average molecular weight is 267 g/mol. The van der Waals surface area contributed by atoms with E-state index >= 15 is 0 Å². The third kappa shape index (κ3) is 1.78. The lowest BCUT2D eigenvalue weighted by atomic mass is 9.88. The molecule has 3 rings (SSSR count). The molecular weight excluding hydrogens is 250 g/mol. The number of para-hydroxylation sites is 1. The fourth-order valence-electron chi connectivity index (χ4n) is 2.96. The molecule has 0 bridgehead atoms. The fourth-order valence-corrected chi connectivity index (χ4v) is 2.96. The van der Waals surface area contributed by atoms with Crippen molar-refractivity contribution in [3.8, 4) is 16.9 Å². The Hall–Kier alpha value is -2.29. The Morgan fingerprint density at radius 3 is 2.60 bits per heavy atom. The average Bonchev–Trinajstić information content (AvgIpc) is 2.46. The molecule has 2 aromatic rings. The molecule has 2 aromatic carbocycles. The molecule has 1 unspecified atom stereocenters. The first-order valence-corrected chi connectivity index (χ1v) is 6.70. The van der Waals surface area contributed by atoms with E-state index in [2.05, 4.69) is 19.1 Å². The molecule has 3 heteroatoms. The van der Waals surface area contributed by atoms with Gasteiger partial charge < -0.3 is 9.64 Å². The van der Waals surface area contributed by atoms with E-state index in [1.54, 1.807) is 14.0 Å². The molecule has 0 N–H and O–H groups in total. The first-order valence-electron chi connectivity index (χ1n) is 6.70. The van der Waals surface area contributed by atoms with E-state index in [0.717, 1.165) is 22.6 Å². The van der Waals surface area contributed by atoms with Crippen LogP contribution < -0.4 is 9.64 Å². The number of rotatable bonds is 1. The summed E-state index contributed by atoms with van der Waals surface area (Å²) in [6.45, 7) is 3.66. The zero-order valence-corrected chi connectivity index (χ0v) is 11.9. The van der Waals surface area contributed by atoms with Crippen LogP contribution in [0.5, 0.6) is 5.75 Å². The van der Waals surface area contributed by atoms with E-state index in [0.29, 0.717) is 0 Å². The second-order valence-corrected chi connectivity index (χ2v) is 5.04. The van der Waals surface area contributed by atoms with Crippen LogP contribution in [0.25, 0.3) is 11.1 Å². The Kier molecular flexibility index (Phi) is 2.97. The van der Waals surface area contributed by atoms with Crippen LogP contribution in [0.15, 0.2) is 42.5 Å². The van der Waals surface area contributed by atoms with Crippen LogP contribution in [-0.2, 0) is 4.79 Å². The van der Waals surface area contributed by atoms with E-state index < -0.39 is 0 Å². The van der Waals surface area contributed by atoms with Gasteiger partial charge in [0.2, 0.25) is 5.91 Å². The maximum atomic E-state index is 12.0. The minimum atomic E-state index is 0.00694. The molecule has 1 aliphatic heterocycles. The number of fused-ring (bicyclic) bond motifs is 3. The van der Waals surface area contributed by atoms with E-state index in [9.17, 15) is 4.79 Å². The lowest BCUT2D eigenvalue weighted by Gasteiger charge is -2.36. The first kappa shape index (κ1) is 12.7. The molecular formula is C17H17NO2. The molecule has 0 saturated carbocycles. The number of carbonyl (C=O) groups excluding carboxylic acids is 1. The summed E-state index contributed by atoms with van der Waals surface area (Å²) >= 11 is 0. The van der Waals surface area contributed by atoms with E-state index in [-0.39, 0.29) is 11.9 Å². The summed E-state index contributed by atoms with van der Waals surface area (Å²) < 4.78 is 5.31. The van der Waals surface area contributed by atoms with Crippen molar-refractivity contribution in [1.82, 2.24) is 0 Å². The molecule has 102 valence electrons. The van der Waals surface area contributed by atoms with Crippen molar-refractivity contribution in [3.63, 3.8) is 0 Å². The number of anilines is 1. The quantitative estimate of drug-likeness (QED) is 0.786. The van der Waals surface area contributed by atoms with Crippen LogP contribution in [0.1, 0.15) is 25.5 Å². The van der Waals surface area contributed by atoms with Crippen molar-refractivity contribution < 1.29 is 9.53 Å². The van der Waals surface area contributed by atoms with Gasteiger partial charge in [-0.15, -0.1) is 0 Å². The van der Waals surface area contributed by atoms with Gasteiger partial charge in [0.1, 0.15) is 5.75 Å². The molecule has 0 aliphatic carbocycles. The van der Waals surface area contributed by atoms with Crippen molar-refractivity contribution in [2.45, 2.75) is 19.9 Å². The lowest BCUT2D eigenvalue weighted by molar-refractivity contribution is -0.117. The van der Waals surface area contributed by atoms with Crippen LogP contribution in [0.2, 0.25) is 0 Å². The Morgan fingerprint density at radius 1 is 1.15 bits per heavy atom. The predicted molar refractivity (Wildman–Crippen MR) is 80.0 cm³/mol. The van der Waals surface area contributed by atoms with E-state index in [1.165, 1.54) is 5.56 Å². The van der Waals surface area contributed by atoms with Crippen LogP contribution in [0.4, 0.5) is 5.69 Å². The molecule has 0 fully saturated rings. The van der Waals surface area contributed by atoms with E-state index in [4.69, 9.17) is 4.74 Å². The number of benzene rings is 2. The zero-order chi connectivity index (χ0) is 14.3. The van der Waals surface area contributed by atoms with Gasteiger partial charge in [0.05, 0.1) is 18.8 Å². The molecule has 0 aromatic heterocycles. The number of amides is 1. The number of carbonyl (C=O) groups is 1. The van der Waals surface area contributed by atoms with E-state index in [1.807, 2.05) is 35.2 Å². The van der Waals surface area contributed by atoms with Gasteiger partial charge in [-0.05, 0) is 36.2 Å². The predicted octanol–water partition coefficient (Wildman–Crippen LogP) is 3.79. The molecule has 0 spiro atoms. The Balaban J connectivity index is 2.28. The topological polar surface area (TPSA) is 29.5 Å². The number of methoxy groups -OCH3 is 1. The molecule has 0 saturated heterocycles. The minimum Gasteiger partial charge on any atom is -0.497 e. The normalized spacial score (nSPS) is 16.4. The second kappa shape index (κ2) is 4.67. The van der Waals surface area contributed by atoms with Crippen LogP contribution >= 0.6 is 0 Å². The molecule has 20 heavy (non-hydrogen) atoms. The number of hydrogen-bond donors (Lipinski definition) is 0. The van der Waals surface area contributed by atoms with Gasteiger partial charge in [-0.25, -0.2) is 0 Å². The highest BCUT2D eigenvalue weighted by atomic mass is 16.5. The van der Waals surface area contributed by atoms with Crippen molar-refractivity contribution in [2.75, 3.05) is 12.0 Å². The first-order chi connectivity index (χ1) is 9.63. The lowest BCUT2D eigenvalue weighted by Crippen LogP contribution is -2.34. The molecule has 1 amide bonds. The molecule has 1 atom stereocenters. The van der Waals surface area contributed by atoms with Gasteiger partial charge in [-0.3, -0.25) is 4.79 Å². The third-order valence-corrected chi connectivity index (χ3v) is 3.89. The number of nitrogens with zero attached hydrogens (tertiary/aromatic N) is 1. The fraction of sp³-hybridized carbons (Fsp3) is 0.235. The molecule has 3 nitrogen and oxygen atoms in total.